The van der Waals surface area contributed by atoms with Crippen molar-refractivity contribution in [2.75, 3.05) is 13.1 Å². The molecule has 0 saturated carbocycles. The minimum atomic E-state index is -0.401. The summed E-state index contributed by atoms with van der Waals surface area (Å²) < 4.78 is 5.42. The Bertz CT molecular complexity index is 248. The molecular weight excluding hydrogens is 216 g/mol. The highest BCUT2D eigenvalue weighted by atomic mass is 16.6. The minimum absolute atomic E-state index is 0.159. The highest BCUT2D eigenvalue weighted by molar-refractivity contribution is 5.68. The van der Waals surface area contributed by atoms with E-state index in [-0.39, 0.29) is 6.09 Å². The lowest BCUT2D eigenvalue weighted by Crippen LogP contribution is -2.39. The van der Waals surface area contributed by atoms with Gasteiger partial charge in [-0.1, -0.05) is 6.42 Å². The maximum atomic E-state index is 12.0. The fourth-order valence-corrected chi connectivity index (χ4v) is 2.22. The number of amides is 1. The van der Waals surface area contributed by atoms with E-state index < -0.39 is 5.60 Å². The molecule has 1 saturated heterocycles. The molecular formula is C13H26N2O2. The van der Waals surface area contributed by atoms with Crippen LogP contribution < -0.4 is 5.73 Å². The highest BCUT2D eigenvalue weighted by Crippen LogP contribution is 2.24. The topological polar surface area (TPSA) is 55.6 Å². The average molecular weight is 242 g/mol. The third-order valence-electron chi connectivity index (χ3n) is 3.00. The van der Waals surface area contributed by atoms with Crippen LogP contribution >= 0.6 is 0 Å². The molecule has 0 aromatic heterocycles. The number of rotatable bonds is 4. The van der Waals surface area contributed by atoms with Crippen molar-refractivity contribution >= 4 is 6.09 Å². The van der Waals surface area contributed by atoms with Crippen molar-refractivity contribution in [1.29, 1.82) is 0 Å². The molecule has 0 aliphatic carbocycles. The maximum absolute atomic E-state index is 12.0. The minimum Gasteiger partial charge on any atom is -0.444 e. The second kappa shape index (κ2) is 6.24. The first-order valence-electron chi connectivity index (χ1n) is 6.64. The molecule has 1 aliphatic rings. The average Bonchev–Trinajstić information content (AvgIpc) is 2.64. The van der Waals surface area contributed by atoms with Crippen molar-refractivity contribution in [1.82, 2.24) is 4.90 Å². The predicted molar refractivity (Wildman–Crippen MR) is 68.9 cm³/mol. The molecule has 100 valence electrons. The normalized spacial score (nSPS) is 20.7. The number of ether oxygens (including phenoxy) is 1. The Balaban J connectivity index is 2.42. The van der Waals surface area contributed by atoms with Crippen LogP contribution in [0.5, 0.6) is 0 Å². The van der Waals surface area contributed by atoms with Crippen LogP contribution in [0.25, 0.3) is 0 Å². The van der Waals surface area contributed by atoms with E-state index in [1.54, 1.807) is 0 Å². The number of nitrogens with two attached hydrogens (primary N) is 1. The Morgan fingerprint density at radius 1 is 1.41 bits per heavy atom. The van der Waals surface area contributed by atoms with Gasteiger partial charge < -0.3 is 15.4 Å². The van der Waals surface area contributed by atoms with Crippen LogP contribution in [0.2, 0.25) is 0 Å². The Kier molecular flexibility index (Phi) is 5.25. The molecule has 0 spiro atoms. The molecule has 0 aromatic carbocycles. The van der Waals surface area contributed by atoms with Crippen molar-refractivity contribution in [3.05, 3.63) is 0 Å². The largest absolute Gasteiger partial charge is 0.444 e. The molecule has 0 aromatic rings. The van der Waals surface area contributed by atoms with Gasteiger partial charge in [-0.3, -0.25) is 0 Å². The van der Waals surface area contributed by atoms with Crippen LogP contribution in [0, 0.1) is 0 Å². The highest BCUT2D eigenvalue weighted by Gasteiger charge is 2.31. The number of nitrogens with zero attached hydrogens (tertiary/aromatic N) is 1. The summed E-state index contributed by atoms with van der Waals surface area (Å²) in [6, 6.07) is 0.358. The molecule has 1 rings (SSSR count). The first kappa shape index (κ1) is 14.3. The molecule has 0 unspecified atom stereocenters. The summed E-state index contributed by atoms with van der Waals surface area (Å²) in [6.45, 7) is 7.29. The van der Waals surface area contributed by atoms with E-state index in [9.17, 15) is 4.79 Å². The molecule has 1 aliphatic heterocycles. The van der Waals surface area contributed by atoms with Gasteiger partial charge in [0.25, 0.3) is 0 Å². The van der Waals surface area contributed by atoms with Crippen molar-refractivity contribution < 1.29 is 9.53 Å². The SMILES string of the molecule is CC(C)(C)OC(=O)N1CCC[C@@H]1CCCCN. The zero-order valence-corrected chi connectivity index (χ0v) is 11.4. The lowest BCUT2D eigenvalue weighted by Gasteiger charge is -2.28. The van der Waals surface area contributed by atoms with E-state index in [0.717, 1.165) is 45.2 Å². The lowest BCUT2D eigenvalue weighted by atomic mass is 10.1. The monoisotopic (exact) mass is 242 g/mol. The van der Waals surface area contributed by atoms with Crippen LogP contribution in [-0.2, 0) is 4.74 Å². The van der Waals surface area contributed by atoms with Gasteiger partial charge in [-0.25, -0.2) is 4.79 Å². The molecule has 0 radical (unpaired) electrons. The van der Waals surface area contributed by atoms with Crippen LogP contribution in [0.15, 0.2) is 0 Å². The van der Waals surface area contributed by atoms with E-state index in [1.165, 1.54) is 0 Å². The maximum Gasteiger partial charge on any atom is 0.410 e. The summed E-state index contributed by atoms with van der Waals surface area (Å²) in [4.78, 5) is 13.9. The van der Waals surface area contributed by atoms with Gasteiger partial charge in [0.2, 0.25) is 0 Å². The smallest absolute Gasteiger partial charge is 0.410 e. The Morgan fingerprint density at radius 3 is 2.71 bits per heavy atom. The van der Waals surface area contributed by atoms with E-state index in [1.807, 2.05) is 25.7 Å². The van der Waals surface area contributed by atoms with Gasteiger partial charge in [-0.05, 0) is 53.0 Å². The molecule has 17 heavy (non-hydrogen) atoms. The van der Waals surface area contributed by atoms with Gasteiger partial charge in [0.1, 0.15) is 5.60 Å². The van der Waals surface area contributed by atoms with E-state index in [4.69, 9.17) is 10.5 Å². The summed E-state index contributed by atoms with van der Waals surface area (Å²) in [5, 5.41) is 0. The Labute approximate surface area is 104 Å². The van der Waals surface area contributed by atoms with Gasteiger partial charge >= 0.3 is 6.09 Å². The Hall–Kier alpha value is -0.770. The fraction of sp³-hybridized carbons (Fsp3) is 0.923. The van der Waals surface area contributed by atoms with Gasteiger partial charge in [-0.15, -0.1) is 0 Å². The number of likely N-dealkylation sites (tertiary alicyclic amines) is 1. The number of carbonyl (C=O) groups excluding carboxylic acids is 1. The molecule has 1 heterocycles. The third kappa shape index (κ3) is 4.94. The fourth-order valence-electron chi connectivity index (χ4n) is 2.22. The van der Waals surface area contributed by atoms with E-state index in [2.05, 4.69) is 0 Å². The van der Waals surface area contributed by atoms with Crippen LogP contribution in [0.3, 0.4) is 0 Å². The molecule has 2 N–H and O–H groups in total. The zero-order valence-electron chi connectivity index (χ0n) is 11.4. The number of hydrogen-bond acceptors (Lipinski definition) is 3. The first-order valence-corrected chi connectivity index (χ1v) is 6.64. The summed E-state index contributed by atoms with van der Waals surface area (Å²) in [5.41, 5.74) is 5.08. The second-order valence-corrected chi connectivity index (χ2v) is 5.75. The molecule has 1 atom stereocenters. The quantitative estimate of drug-likeness (QED) is 0.771. The summed E-state index contributed by atoms with van der Waals surface area (Å²) in [7, 11) is 0. The number of unbranched alkanes of at least 4 members (excludes halogenated alkanes) is 1. The van der Waals surface area contributed by atoms with Crippen LogP contribution in [0.4, 0.5) is 4.79 Å². The summed E-state index contributed by atoms with van der Waals surface area (Å²) in [6.07, 6.45) is 5.22. The zero-order chi connectivity index (χ0) is 12.9. The van der Waals surface area contributed by atoms with E-state index >= 15 is 0 Å². The number of hydrogen-bond donors (Lipinski definition) is 1. The van der Waals surface area contributed by atoms with Crippen molar-refractivity contribution in [2.24, 2.45) is 5.73 Å². The molecule has 1 fully saturated rings. The second-order valence-electron chi connectivity index (χ2n) is 5.75. The number of carbonyl (C=O) groups is 1. The molecule has 0 bridgehead atoms. The van der Waals surface area contributed by atoms with Crippen molar-refractivity contribution in [3.8, 4) is 0 Å². The van der Waals surface area contributed by atoms with Gasteiger partial charge in [-0.2, -0.15) is 0 Å². The summed E-state index contributed by atoms with van der Waals surface area (Å²) in [5.74, 6) is 0. The van der Waals surface area contributed by atoms with Crippen molar-refractivity contribution in [3.63, 3.8) is 0 Å². The van der Waals surface area contributed by atoms with Gasteiger partial charge in [0.05, 0.1) is 0 Å². The van der Waals surface area contributed by atoms with Crippen molar-refractivity contribution in [2.45, 2.75) is 64.5 Å². The molecule has 1 amide bonds. The first-order chi connectivity index (χ1) is 7.94. The predicted octanol–water partition coefficient (Wildman–Crippen LogP) is 2.51. The van der Waals surface area contributed by atoms with Gasteiger partial charge in [0.15, 0.2) is 0 Å². The Morgan fingerprint density at radius 2 is 2.12 bits per heavy atom. The van der Waals surface area contributed by atoms with Crippen LogP contribution in [-0.4, -0.2) is 35.7 Å². The third-order valence-corrected chi connectivity index (χ3v) is 3.00. The van der Waals surface area contributed by atoms with Gasteiger partial charge in [0, 0.05) is 12.6 Å². The van der Waals surface area contributed by atoms with Crippen LogP contribution in [0.1, 0.15) is 52.9 Å². The lowest BCUT2D eigenvalue weighted by molar-refractivity contribution is 0.0219. The molecule has 4 heteroatoms. The van der Waals surface area contributed by atoms with E-state index in [0.29, 0.717) is 6.04 Å². The standard InChI is InChI=1S/C13H26N2O2/c1-13(2,3)17-12(16)15-10-6-8-11(15)7-4-5-9-14/h11H,4-10,14H2,1-3H3/t11-/m0/s1. The molecule has 4 nitrogen and oxygen atoms in total. The summed E-state index contributed by atoms with van der Waals surface area (Å²) >= 11 is 0.